The molecular weight excluding hydrogens is 148 g/mol. The van der Waals surface area contributed by atoms with Crippen LogP contribution in [-0.2, 0) is 0 Å². The molecule has 2 nitrogen and oxygen atoms in total. The number of para-hydroxylation sites is 2. The predicted molar refractivity (Wildman–Crippen MR) is 52.3 cm³/mol. The smallest absolute Gasteiger partial charge is 0.0615 e. The second-order valence-corrected chi connectivity index (χ2v) is 3.03. The molecule has 0 bridgehead atoms. The van der Waals surface area contributed by atoms with Crippen LogP contribution in [0.15, 0.2) is 36.0 Å². The second kappa shape index (κ2) is 2.89. The quantitative estimate of drug-likeness (QED) is 0.609. The van der Waals surface area contributed by atoms with E-state index in [1.54, 1.807) is 0 Å². The monoisotopic (exact) mass is 160 g/mol. The van der Waals surface area contributed by atoms with Gasteiger partial charge in [-0.3, -0.25) is 0 Å². The number of hydrogen-bond acceptors (Lipinski definition) is 2. The van der Waals surface area contributed by atoms with Crippen LogP contribution in [0.3, 0.4) is 0 Å². The summed E-state index contributed by atoms with van der Waals surface area (Å²) >= 11 is 0. The van der Waals surface area contributed by atoms with Crippen molar-refractivity contribution in [2.45, 2.75) is 6.92 Å². The van der Waals surface area contributed by atoms with Crippen LogP contribution in [0, 0.1) is 0 Å². The molecule has 0 aromatic heterocycles. The van der Waals surface area contributed by atoms with E-state index < -0.39 is 0 Å². The summed E-state index contributed by atoms with van der Waals surface area (Å²) in [6.45, 7) is 3.02. The molecule has 2 rings (SSSR count). The van der Waals surface area contributed by atoms with Crippen LogP contribution in [0.1, 0.15) is 6.92 Å². The van der Waals surface area contributed by atoms with Gasteiger partial charge in [-0.1, -0.05) is 12.1 Å². The number of anilines is 2. The zero-order valence-corrected chi connectivity index (χ0v) is 7.09. The number of benzene rings is 1. The molecule has 0 aliphatic carbocycles. The first-order chi connectivity index (χ1) is 5.86. The van der Waals surface area contributed by atoms with E-state index in [0.29, 0.717) is 0 Å². The van der Waals surface area contributed by atoms with Gasteiger partial charge in [-0.15, -0.1) is 0 Å². The zero-order chi connectivity index (χ0) is 8.39. The van der Waals surface area contributed by atoms with E-state index in [1.165, 1.54) is 11.3 Å². The third kappa shape index (κ3) is 1.28. The van der Waals surface area contributed by atoms with Crippen LogP contribution < -0.4 is 10.6 Å². The van der Waals surface area contributed by atoms with Gasteiger partial charge in [0.25, 0.3) is 0 Å². The average molecular weight is 160 g/mol. The van der Waals surface area contributed by atoms with Crippen LogP contribution in [0.25, 0.3) is 0 Å². The van der Waals surface area contributed by atoms with Gasteiger partial charge in [-0.25, -0.2) is 0 Å². The normalized spacial score (nSPS) is 14.9. The topological polar surface area (TPSA) is 24.1 Å². The summed E-state index contributed by atoms with van der Waals surface area (Å²) in [5.74, 6) is 0. The molecule has 1 heterocycles. The summed E-state index contributed by atoms with van der Waals surface area (Å²) in [5.41, 5.74) is 3.63. The third-order valence-electron chi connectivity index (χ3n) is 1.96. The van der Waals surface area contributed by atoms with E-state index in [-0.39, 0.29) is 0 Å². The molecule has 0 saturated carbocycles. The van der Waals surface area contributed by atoms with Crippen molar-refractivity contribution >= 4 is 11.4 Å². The molecule has 2 heteroatoms. The van der Waals surface area contributed by atoms with Gasteiger partial charge in [0.05, 0.1) is 11.4 Å². The van der Waals surface area contributed by atoms with Crippen molar-refractivity contribution in [1.29, 1.82) is 0 Å². The highest BCUT2D eigenvalue weighted by molar-refractivity contribution is 5.71. The molecule has 0 amide bonds. The lowest BCUT2D eigenvalue weighted by atomic mass is 10.2. The van der Waals surface area contributed by atoms with Gasteiger partial charge in [0, 0.05) is 12.7 Å². The van der Waals surface area contributed by atoms with Gasteiger partial charge in [-0.05, 0) is 24.6 Å². The van der Waals surface area contributed by atoms with E-state index in [1.807, 2.05) is 18.3 Å². The minimum Gasteiger partial charge on any atom is -0.380 e. The van der Waals surface area contributed by atoms with Crippen molar-refractivity contribution in [1.82, 2.24) is 0 Å². The number of hydrogen-bond donors (Lipinski definition) is 2. The van der Waals surface area contributed by atoms with Crippen molar-refractivity contribution < 1.29 is 0 Å². The van der Waals surface area contributed by atoms with E-state index >= 15 is 0 Å². The molecule has 12 heavy (non-hydrogen) atoms. The van der Waals surface area contributed by atoms with Crippen molar-refractivity contribution in [3.8, 4) is 0 Å². The van der Waals surface area contributed by atoms with Crippen molar-refractivity contribution in [3.05, 3.63) is 36.0 Å². The van der Waals surface area contributed by atoms with Crippen LogP contribution in [0.5, 0.6) is 0 Å². The fraction of sp³-hybridized carbons (Fsp3) is 0.200. The molecule has 0 unspecified atom stereocenters. The highest BCUT2D eigenvalue weighted by atomic mass is 15.0. The Bertz CT molecular complexity index is 315. The van der Waals surface area contributed by atoms with Gasteiger partial charge in [0.2, 0.25) is 0 Å². The minimum absolute atomic E-state index is 0.921. The molecule has 1 aromatic rings. The first-order valence-electron chi connectivity index (χ1n) is 4.11. The van der Waals surface area contributed by atoms with Crippen LogP contribution in [0.4, 0.5) is 11.4 Å². The summed E-state index contributed by atoms with van der Waals surface area (Å²) in [4.78, 5) is 0. The molecule has 0 saturated heterocycles. The van der Waals surface area contributed by atoms with Crippen LogP contribution in [0.2, 0.25) is 0 Å². The van der Waals surface area contributed by atoms with Gasteiger partial charge >= 0.3 is 0 Å². The van der Waals surface area contributed by atoms with Crippen molar-refractivity contribution in [3.63, 3.8) is 0 Å². The Kier molecular flexibility index (Phi) is 1.74. The second-order valence-electron chi connectivity index (χ2n) is 3.03. The highest BCUT2D eigenvalue weighted by Gasteiger charge is 2.02. The molecule has 2 N–H and O–H groups in total. The number of nitrogens with one attached hydrogen (secondary N) is 2. The fourth-order valence-corrected chi connectivity index (χ4v) is 1.25. The number of fused-ring (bicyclic) bond motifs is 1. The third-order valence-corrected chi connectivity index (χ3v) is 1.96. The SMILES string of the molecule is CC1=CNc2ccccc2NC1. The van der Waals surface area contributed by atoms with E-state index in [0.717, 1.165) is 12.2 Å². The van der Waals surface area contributed by atoms with E-state index in [4.69, 9.17) is 0 Å². The molecule has 0 fully saturated rings. The fourth-order valence-electron chi connectivity index (χ4n) is 1.25. The Hall–Kier alpha value is -1.44. The Balaban J connectivity index is 2.35. The van der Waals surface area contributed by atoms with Gasteiger partial charge in [-0.2, -0.15) is 0 Å². The maximum atomic E-state index is 3.34. The maximum Gasteiger partial charge on any atom is 0.0615 e. The van der Waals surface area contributed by atoms with Gasteiger partial charge in [0.1, 0.15) is 0 Å². The predicted octanol–water partition coefficient (Wildman–Crippen LogP) is 2.43. The standard InChI is InChI=1S/C10H12N2/c1-8-6-11-9-4-2-3-5-10(9)12-7-8/h2-6,11-12H,7H2,1H3. The summed E-state index contributed by atoms with van der Waals surface area (Å²) in [6, 6.07) is 8.21. The Morgan fingerprint density at radius 3 is 2.75 bits per heavy atom. The summed E-state index contributed by atoms with van der Waals surface area (Å²) in [6.07, 6.45) is 2.04. The Morgan fingerprint density at radius 2 is 1.92 bits per heavy atom. The maximum absolute atomic E-state index is 3.34. The summed E-state index contributed by atoms with van der Waals surface area (Å²) in [7, 11) is 0. The van der Waals surface area contributed by atoms with Gasteiger partial charge in [0.15, 0.2) is 0 Å². The summed E-state index contributed by atoms with van der Waals surface area (Å²) < 4.78 is 0. The van der Waals surface area contributed by atoms with Crippen LogP contribution in [-0.4, -0.2) is 6.54 Å². The molecule has 1 aliphatic heterocycles. The Labute approximate surface area is 72.3 Å². The zero-order valence-electron chi connectivity index (χ0n) is 7.09. The molecule has 0 spiro atoms. The Morgan fingerprint density at radius 1 is 1.17 bits per heavy atom. The van der Waals surface area contributed by atoms with Gasteiger partial charge < -0.3 is 10.6 Å². The number of rotatable bonds is 0. The molecular formula is C10H12N2. The first kappa shape index (κ1) is 7.22. The molecule has 0 radical (unpaired) electrons. The van der Waals surface area contributed by atoms with E-state index in [2.05, 4.69) is 29.7 Å². The lowest BCUT2D eigenvalue weighted by Crippen LogP contribution is -2.00. The summed E-state index contributed by atoms with van der Waals surface area (Å²) in [5, 5.41) is 6.59. The average Bonchev–Trinajstić information content (AvgIpc) is 2.29. The minimum atomic E-state index is 0.921. The first-order valence-corrected chi connectivity index (χ1v) is 4.11. The van der Waals surface area contributed by atoms with E-state index in [9.17, 15) is 0 Å². The lowest BCUT2D eigenvalue weighted by Gasteiger charge is -2.06. The van der Waals surface area contributed by atoms with Crippen LogP contribution >= 0.6 is 0 Å². The lowest BCUT2D eigenvalue weighted by molar-refractivity contribution is 1.22. The molecule has 1 aromatic carbocycles. The largest absolute Gasteiger partial charge is 0.380 e. The molecule has 62 valence electrons. The van der Waals surface area contributed by atoms with Crippen molar-refractivity contribution in [2.24, 2.45) is 0 Å². The highest BCUT2D eigenvalue weighted by Crippen LogP contribution is 2.23. The van der Waals surface area contributed by atoms with Crippen molar-refractivity contribution in [2.75, 3.05) is 17.2 Å². The molecule has 1 aliphatic rings. The molecule has 0 atom stereocenters.